The Balaban J connectivity index is 1.51. The quantitative estimate of drug-likeness (QED) is 0.551. The van der Waals surface area contributed by atoms with Crippen molar-refractivity contribution < 1.29 is 14.0 Å². The summed E-state index contributed by atoms with van der Waals surface area (Å²) in [5.41, 5.74) is 0.413. The number of nitrogens with zero attached hydrogens (tertiary/aromatic N) is 2. The number of carbonyl (C=O) groups is 2. The minimum atomic E-state index is -0.999. The maximum absolute atomic E-state index is 13.8. The first-order valence-corrected chi connectivity index (χ1v) is 12.3. The van der Waals surface area contributed by atoms with E-state index < -0.39 is 5.54 Å². The number of amides is 2. The topological polar surface area (TPSA) is 67.5 Å². The van der Waals surface area contributed by atoms with Crippen molar-refractivity contribution in [2.75, 3.05) is 0 Å². The molecule has 0 saturated heterocycles. The van der Waals surface area contributed by atoms with Gasteiger partial charge in [0.05, 0.1) is 25.0 Å². The van der Waals surface area contributed by atoms with Crippen LogP contribution in [-0.2, 0) is 17.9 Å². The summed E-state index contributed by atoms with van der Waals surface area (Å²) in [6, 6.07) is 11.6. The van der Waals surface area contributed by atoms with Crippen molar-refractivity contribution in [1.82, 2.24) is 14.8 Å². The van der Waals surface area contributed by atoms with Crippen molar-refractivity contribution in [2.45, 2.75) is 70.1 Å². The molecule has 3 aromatic rings. The number of rotatable bonds is 5. The number of hydrogen-bond acceptors (Lipinski definition) is 4. The average molecular weight is 452 g/mol. The molecule has 0 aromatic carbocycles. The molecule has 168 valence electrons. The van der Waals surface area contributed by atoms with E-state index in [-0.39, 0.29) is 17.9 Å². The van der Waals surface area contributed by atoms with Gasteiger partial charge in [-0.1, -0.05) is 31.7 Å². The molecular weight excluding hydrogens is 422 g/mol. The van der Waals surface area contributed by atoms with Crippen molar-refractivity contribution in [3.05, 3.63) is 58.6 Å². The minimum absolute atomic E-state index is 0.0703. The Hall–Kier alpha value is -2.80. The third kappa shape index (κ3) is 3.79. The molecule has 0 spiro atoms. The predicted molar refractivity (Wildman–Crippen MR) is 124 cm³/mol. The Labute approximate surface area is 192 Å². The van der Waals surface area contributed by atoms with Gasteiger partial charge in [-0.3, -0.25) is 9.59 Å². The number of aromatic nitrogens is 1. The Morgan fingerprint density at radius 3 is 2.59 bits per heavy atom. The Kier molecular flexibility index (Phi) is 5.67. The molecule has 1 atom stereocenters. The summed E-state index contributed by atoms with van der Waals surface area (Å²) in [5, 5.41) is 5.31. The lowest BCUT2D eigenvalue weighted by molar-refractivity contribution is -0.134. The van der Waals surface area contributed by atoms with Gasteiger partial charge in [0.2, 0.25) is 5.91 Å². The molecule has 5 rings (SSSR count). The molecule has 7 heteroatoms. The van der Waals surface area contributed by atoms with Gasteiger partial charge in [0.15, 0.2) is 0 Å². The van der Waals surface area contributed by atoms with E-state index in [1.54, 1.807) is 22.5 Å². The van der Waals surface area contributed by atoms with Crippen molar-refractivity contribution in [3.8, 4) is 11.5 Å². The van der Waals surface area contributed by atoms with Gasteiger partial charge in [0.1, 0.15) is 17.0 Å². The molecule has 1 saturated carbocycles. The van der Waals surface area contributed by atoms with E-state index in [1.807, 2.05) is 53.3 Å². The molecule has 4 heterocycles. The molecule has 2 amide bonds. The van der Waals surface area contributed by atoms with Crippen LogP contribution in [0.15, 0.2) is 52.5 Å². The van der Waals surface area contributed by atoms with Crippen LogP contribution < -0.4 is 5.32 Å². The van der Waals surface area contributed by atoms with E-state index in [2.05, 4.69) is 5.32 Å². The number of fused-ring (bicyclic) bond motifs is 1. The molecule has 2 aliphatic rings. The van der Waals surface area contributed by atoms with Gasteiger partial charge in [0.25, 0.3) is 5.91 Å². The highest BCUT2D eigenvalue weighted by atomic mass is 32.1. The van der Waals surface area contributed by atoms with Crippen molar-refractivity contribution >= 4 is 23.2 Å². The molecule has 1 N–H and O–H groups in total. The summed E-state index contributed by atoms with van der Waals surface area (Å²) in [5.74, 6) is 0.502. The average Bonchev–Trinajstić information content (AvgIpc) is 3.52. The second-order valence-electron chi connectivity index (χ2n) is 9.07. The normalized spacial score (nSPS) is 21.9. The lowest BCUT2D eigenvalue weighted by atomic mass is 9.93. The number of nitrogens with one attached hydrogen (secondary N) is 1. The van der Waals surface area contributed by atoms with Gasteiger partial charge >= 0.3 is 0 Å². The monoisotopic (exact) mass is 451 g/mol. The van der Waals surface area contributed by atoms with Gasteiger partial charge in [-0.25, -0.2) is 0 Å². The lowest BCUT2D eigenvalue weighted by Gasteiger charge is -2.44. The zero-order valence-electron chi connectivity index (χ0n) is 18.4. The first-order chi connectivity index (χ1) is 15.6. The maximum atomic E-state index is 13.8. The molecule has 3 aromatic heterocycles. The molecule has 0 bridgehead atoms. The van der Waals surface area contributed by atoms with Gasteiger partial charge in [-0.2, -0.15) is 0 Å². The Morgan fingerprint density at radius 2 is 1.91 bits per heavy atom. The molecule has 1 aliphatic heterocycles. The predicted octanol–water partition coefficient (Wildman–Crippen LogP) is 5.06. The Morgan fingerprint density at radius 1 is 1.12 bits per heavy atom. The number of hydrogen-bond donors (Lipinski definition) is 1. The standard InChI is InChI=1S/C25H29N3O3S/c1-25(24(30)26-18-8-4-2-3-5-9-18)17-27-20(22-11-6-14-31-22)12-13-21(27)23(29)28(25)16-19-10-7-15-32-19/h6-7,10-15,18H,2-5,8-9,16-17H2,1H3,(H,26,30). The minimum Gasteiger partial charge on any atom is -0.463 e. The fourth-order valence-electron chi connectivity index (χ4n) is 4.98. The van der Waals surface area contributed by atoms with Gasteiger partial charge in [0, 0.05) is 10.9 Å². The van der Waals surface area contributed by atoms with Crippen LogP contribution in [0.2, 0.25) is 0 Å². The van der Waals surface area contributed by atoms with Crippen LogP contribution in [0, 0.1) is 0 Å². The van der Waals surface area contributed by atoms with Crippen LogP contribution >= 0.6 is 11.3 Å². The molecule has 1 aliphatic carbocycles. The summed E-state index contributed by atoms with van der Waals surface area (Å²) >= 11 is 1.61. The highest BCUT2D eigenvalue weighted by Crippen LogP contribution is 2.35. The molecule has 1 fully saturated rings. The zero-order valence-corrected chi connectivity index (χ0v) is 19.2. The molecule has 1 unspecified atom stereocenters. The van der Waals surface area contributed by atoms with E-state index >= 15 is 0 Å². The van der Waals surface area contributed by atoms with Crippen molar-refractivity contribution in [3.63, 3.8) is 0 Å². The van der Waals surface area contributed by atoms with E-state index in [9.17, 15) is 9.59 Å². The number of carbonyl (C=O) groups excluding carboxylic acids is 2. The van der Waals surface area contributed by atoms with Crippen LogP contribution in [0.4, 0.5) is 0 Å². The summed E-state index contributed by atoms with van der Waals surface area (Å²) in [6.45, 7) is 2.72. The van der Waals surface area contributed by atoms with Gasteiger partial charge in [-0.15, -0.1) is 11.3 Å². The third-order valence-corrected chi connectivity index (χ3v) is 7.72. The summed E-state index contributed by atoms with van der Waals surface area (Å²) in [4.78, 5) is 30.3. The zero-order chi connectivity index (χ0) is 22.1. The SMILES string of the molecule is CC1(C(=O)NC2CCCCCC2)Cn2c(ccc2-c2ccco2)C(=O)N1Cc1cccs1. The van der Waals surface area contributed by atoms with E-state index in [1.165, 1.54) is 12.8 Å². The second kappa shape index (κ2) is 8.62. The number of furan rings is 1. The van der Waals surface area contributed by atoms with Crippen LogP contribution in [0.5, 0.6) is 0 Å². The van der Waals surface area contributed by atoms with Crippen LogP contribution in [0.3, 0.4) is 0 Å². The lowest BCUT2D eigenvalue weighted by Crippen LogP contribution is -2.64. The first-order valence-electron chi connectivity index (χ1n) is 11.4. The largest absolute Gasteiger partial charge is 0.463 e. The summed E-state index contributed by atoms with van der Waals surface area (Å²) < 4.78 is 7.55. The van der Waals surface area contributed by atoms with Crippen molar-refractivity contribution in [2.24, 2.45) is 0 Å². The van der Waals surface area contributed by atoms with Crippen LogP contribution in [0.25, 0.3) is 11.5 Å². The van der Waals surface area contributed by atoms with Gasteiger partial charge in [-0.05, 0) is 55.5 Å². The fraction of sp³-hybridized carbons (Fsp3) is 0.440. The first kappa shape index (κ1) is 21.1. The maximum Gasteiger partial charge on any atom is 0.271 e. The van der Waals surface area contributed by atoms with Crippen molar-refractivity contribution in [1.29, 1.82) is 0 Å². The van der Waals surface area contributed by atoms with E-state index in [4.69, 9.17) is 4.42 Å². The fourth-order valence-corrected chi connectivity index (χ4v) is 5.68. The second-order valence-corrected chi connectivity index (χ2v) is 10.1. The molecular formula is C25H29N3O3S. The highest BCUT2D eigenvalue weighted by Gasteiger charge is 2.48. The smallest absolute Gasteiger partial charge is 0.271 e. The number of thiophene rings is 1. The molecule has 32 heavy (non-hydrogen) atoms. The van der Waals surface area contributed by atoms with Crippen LogP contribution in [-0.4, -0.2) is 32.9 Å². The highest BCUT2D eigenvalue weighted by molar-refractivity contribution is 7.09. The van der Waals surface area contributed by atoms with Gasteiger partial charge < -0.3 is 19.2 Å². The molecule has 0 radical (unpaired) electrons. The molecule has 6 nitrogen and oxygen atoms in total. The summed E-state index contributed by atoms with van der Waals surface area (Å²) in [7, 11) is 0. The summed E-state index contributed by atoms with van der Waals surface area (Å²) in [6.07, 6.45) is 8.38. The Bertz CT molecular complexity index is 1080. The van der Waals surface area contributed by atoms with E-state index in [0.717, 1.165) is 36.3 Å². The van der Waals surface area contributed by atoms with Crippen LogP contribution in [0.1, 0.15) is 60.8 Å². The third-order valence-electron chi connectivity index (χ3n) is 6.85. The van der Waals surface area contributed by atoms with E-state index in [0.29, 0.717) is 24.5 Å².